The minimum absolute atomic E-state index is 0.202. The third kappa shape index (κ3) is 4.85. The van der Waals surface area contributed by atoms with Gasteiger partial charge in [0.15, 0.2) is 5.82 Å². The number of pyridine rings is 1. The van der Waals surface area contributed by atoms with E-state index < -0.39 is 0 Å². The van der Waals surface area contributed by atoms with Gasteiger partial charge in [-0.3, -0.25) is 9.59 Å². The monoisotopic (exact) mass is 459 g/mol. The highest BCUT2D eigenvalue weighted by atomic mass is 16.5. The Morgan fingerprint density at radius 3 is 2.62 bits per heavy atom. The molecule has 1 amide bonds. The molecule has 4 aromatic rings. The molecule has 0 radical (unpaired) electrons. The van der Waals surface area contributed by atoms with E-state index in [2.05, 4.69) is 25.5 Å². The van der Waals surface area contributed by atoms with E-state index in [4.69, 9.17) is 4.74 Å². The number of aromatic nitrogens is 6. The fourth-order valence-corrected chi connectivity index (χ4v) is 3.74. The number of esters is 1. The lowest BCUT2D eigenvalue weighted by molar-refractivity contribution is -0.140. The second-order valence-corrected chi connectivity index (χ2v) is 7.69. The highest BCUT2D eigenvalue weighted by molar-refractivity contribution is 5.94. The van der Waals surface area contributed by atoms with Gasteiger partial charge >= 0.3 is 5.97 Å². The maximum Gasteiger partial charge on any atom is 0.305 e. The Morgan fingerprint density at radius 1 is 1.12 bits per heavy atom. The normalized spacial score (nSPS) is 10.8. The number of amides is 1. The molecule has 4 rings (SSSR count). The van der Waals surface area contributed by atoms with E-state index in [9.17, 15) is 9.59 Å². The summed E-state index contributed by atoms with van der Waals surface area (Å²) in [6.45, 7) is 4.18. The topological polar surface area (TPSA) is 117 Å². The highest BCUT2D eigenvalue weighted by Gasteiger charge is 2.15. The molecule has 174 valence electrons. The van der Waals surface area contributed by atoms with Crippen LogP contribution in [0.15, 0.2) is 55.2 Å². The Bertz CT molecular complexity index is 1290. The van der Waals surface area contributed by atoms with E-state index in [0.717, 1.165) is 28.2 Å². The van der Waals surface area contributed by atoms with E-state index in [1.165, 1.54) is 13.4 Å². The Morgan fingerprint density at radius 2 is 1.91 bits per heavy atom. The third-order valence-corrected chi connectivity index (χ3v) is 5.56. The van der Waals surface area contributed by atoms with Gasteiger partial charge in [-0.05, 0) is 56.2 Å². The molecule has 0 spiro atoms. The number of carbonyl (C=O) groups is 2. The Balaban J connectivity index is 1.45. The van der Waals surface area contributed by atoms with Gasteiger partial charge in [-0.2, -0.15) is 10.2 Å². The van der Waals surface area contributed by atoms with Crippen molar-refractivity contribution < 1.29 is 14.3 Å². The minimum Gasteiger partial charge on any atom is -0.469 e. The first-order chi connectivity index (χ1) is 16.5. The van der Waals surface area contributed by atoms with Crippen LogP contribution in [0.25, 0.3) is 11.5 Å². The van der Waals surface area contributed by atoms with Crippen molar-refractivity contribution in [2.45, 2.75) is 33.2 Å². The molecular weight excluding hydrogens is 434 g/mol. The number of methoxy groups -OCH3 is 1. The molecule has 0 bridgehead atoms. The van der Waals surface area contributed by atoms with Gasteiger partial charge in [-0.15, -0.1) is 0 Å². The molecule has 3 aromatic heterocycles. The van der Waals surface area contributed by atoms with E-state index >= 15 is 0 Å². The summed E-state index contributed by atoms with van der Waals surface area (Å²) < 4.78 is 8.12. The van der Waals surface area contributed by atoms with Crippen molar-refractivity contribution in [2.24, 2.45) is 0 Å². The highest BCUT2D eigenvalue weighted by Crippen LogP contribution is 2.20. The van der Waals surface area contributed by atoms with E-state index in [-0.39, 0.29) is 11.9 Å². The minimum atomic E-state index is -0.249. The fourth-order valence-electron chi connectivity index (χ4n) is 3.74. The van der Waals surface area contributed by atoms with E-state index in [1.54, 1.807) is 29.3 Å². The van der Waals surface area contributed by atoms with Crippen molar-refractivity contribution in [1.82, 2.24) is 34.8 Å². The number of aryl methyl sites for hydroxylation is 1. The van der Waals surface area contributed by atoms with Gasteiger partial charge in [0, 0.05) is 36.0 Å². The average Bonchev–Trinajstić information content (AvgIpc) is 3.49. The molecule has 3 heterocycles. The van der Waals surface area contributed by atoms with Crippen LogP contribution in [-0.4, -0.2) is 48.5 Å². The number of nitrogens with zero attached hydrogens (tertiary/aromatic N) is 6. The Labute approximate surface area is 196 Å². The maximum atomic E-state index is 12.7. The standard InChI is InChI=1S/C24H25N7O3/c1-16-21(10-11-22(32)34-3)17(2)31(29-16)20-8-6-18(7-9-20)24(33)27-13-19-5-4-12-26-23(19)30-15-25-14-28-30/h4-9,12,14-15H,10-11,13H2,1-3H3,(H,27,33). The van der Waals surface area contributed by atoms with E-state index in [1.807, 2.05) is 42.8 Å². The van der Waals surface area contributed by atoms with Crippen LogP contribution >= 0.6 is 0 Å². The molecule has 0 aliphatic rings. The van der Waals surface area contributed by atoms with Crippen molar-refractivity contribution in [2.75, 3.05) is 7.11 Å². The smallest absolute Gasteiger partial charge is 0.305 e. The van der Waals surface area contributed by atoms with Crippen molar-refractivity contribution in [3.63, 3.8) is 0 Å². The summed E-state index contributed by atoms with van der Waals surface area (Å²) in [7, 11) is 1.38. The van der Waals surface area contributed by atoms with Crippen LogP contribution in [0.3, 0.4) is 0 Å². The van der Waals surface area contributed by atoms with Gasteiger partial charge in [0.25, 0.3) is 5.91 Å². The number of nitrogens with one attached hydrogen (secondary N) is 1. The SMILES string of the molecule is COC(=O)CCc1c(C)nn(-c2ccc(C(=O)NCc3cccnc3-n3cncn3)cc2)c1C. The second-order valence-electron chi connectivity index (χ2n) is 7.69. The molecule has 0 aliphatic carbocycles. The first kappa shape index (κ1) is 22.8. The number of carbonyl (C=O) groups excluding carboxylic acids is 2. The lowest BCUT2D eigenvalue weighted by atomic mass is 10.1. The second kappa shape index (κ2) is 10.1. The van der Waals surface area contributed by atoms with Gasteiger partial charge in [0.2, 0.25) is 0 Å². The number of hydrogen-bond acceptors (Lipinski definition) is 7. The van der Waals surface area contributed by atoms with Crippen LogP contribution < -0.4 is 5.32 Å². The molecule has 0 aliphatic heterocycles. The summed E-state index contributed by atoms with van der Waals surface area (Å²) in [6, 6.07) is 10.9. The van der Waals surface area contributed by atoms with Gasteiger partial charge in [-0.25, -0.2) is 19.3 Å². The zero-order valence-electron chi connectivity index (χ0n) is 19.2. The zero-order chi connectivity index (χ0) is 24.1. The predicted molar refractivity (Wildman–Crippen MR) is 124 cm³/mol. The summed E-state index contributed by atoms with van der Waals surface area (Å²) >= 11 is 0. The molecule has 1 aromatic carbocycles. The average molecular weight is 460 g/mol. The molecule has 0 saturated carbocycles. The lowest BCUT2D eigenvalue weighted by Gasteiger charge is -2.10. The van der Waals surface area contributed by atoms with Crippen molar-refractivity contribution in [3.8, 4) is 11.5 Å². The van der Waals surface area contributed by atoms with Crippen molar-refractivity contribution in [3.05, 3.63) is 83.3 Å². The van der Waals surface area contributed by atoms with Crippen LogP contribution in [0, 0.1) is 13.8 Å². The molecule has 10 heteroatoms. The molecule has 0 saturated heterocycles. The Kier molecular flexibility index (Phi) is 6.77. The van der Waals surface area contributed by atoms with Crippen molar-refractivity contribution in [1.29, 1.82) is 0 Å². The van der Waals surface area contributed by atoms with Crippen LogP contribution in [0.1, 0.15) is 39.3 Å². The molecule has 0 fully saturated rings. The summed E-state index contributed by atoms with van der Waals surface area (Å²) in [5.74, 6) is 0.164. The summed E-state index contributed by atoms with van der Waals surface area (Å²) in [4.78, 5) is 32.5. The number of benzene rings is 1. The summed E-state index contributed by atoms with van der Waals surface area (Å²) in [5.41, 5.74) is 5.02. The third-order valence-electron chi connectivity index (χ3n) is 5.56. The molecule has 10 nitrogen and oxygen atoms in total. The summed E-state index contributed by atoms with van der Waals surface area (Å²) in [5, 5.41) is 11.6. The van der Waals surface area contributed by atoms with E-state index in [0.29, 0.717) is 30.8 Å². The number of ether oxygens (including phenoxy) is 1. The predicted octanol–water partition coefficient (Wildman–Crippen LogP) is 2.50. The van der Waals surface area contributed by atoms with Crippen LogP contribution in [0.2, 0.25) is 0 Å². The molecule has 34 heavy (non-hydrogen) atoms. The largest absolute Gasteiger partial charge is 0.469 e. The maximum absolute atomic E-state index is 12.7. The van der Waals surface area contributed by atoms with Crippen LogP contribution in [-0.2, 0) is 22.5 Å². The van der Waals surface area contributed by atoms with Crippen LogP contribution in [0.4, 0.5) is 0 Å². The Hall–Kier alpha value is -4.34. The first-order valence-electron chi connectivity index (χ1n) is 10.8. The summed E-state index contributed by atoms with van der Waals surface area (Å²) in [6.07, 6.45) is 5.53. The molecule has 0 atom stereocenters. The fraction of sp³-hybridized carbons (Fsp3) is 0.250. The molecule has 1 N–H and O–H groups in total. The first-order valence-corrected chi connectivity index (χ1v) is 10.8. The van der Waals surface area contributed by atoms with Gasteiger partial charge in [0.05, 0.1) is 18.5 Å². The van der Waals surface area contributed by atoms with Gasteiger partial charge in [-0.1, -0.05) is 6.07 Å². The van der Waals surface area contributed by atoms with Gasteiger partial charge < -0.3 is 10.1 Å². The molecule has 0 unspecified atom stereocenters. The molecular formula is C24H25N7O3. The number of hydrogen-bond donors (Lipinski definition) is 1. The van der Waals surface area contributed by atoms with Gasteiger partial charge in [0.1, 0.15) is 12.7 Å². The van der Waals surface area contributed by atoms with Crippen LogP contribution in [0.5, 0.6) is 0 Å². The van der Waals surface area contributed by atoms with Crippen molar-refractivity contribution >= 4 is 11.9 Å². The number of rotatable bonds is 8. The quantitative estimate of drug-likeness (QED) is 0.402. The lowest BCUT2D eigenvalue weighted by Crippen LogP contribution is -2.23. The zero-order valence-corrected chi connectivity index (χ0v) is 19.2.